The molecule has 0 spiro atoms. The van der Waals surface area contributed by atoms with E-state index >= 15 is 0 Å². The van der Waals surface area contributed by atoms with Gasteiger partial charge in [-0.25, -0.2) is 0 Å². The van der Waals surface area contributed by atoms with Crippen molar-refractivity contribution in [1.82, 2.24) is 15.0 Å². The molecule has 1 saturated heterocycles. The monoisotopic (exact) mass is 344 g/mol. The third-order valence-corrected chi connectivity index (χ3v) is 5.01. The van der Waals surface area contributed by atoms with Gasteiger partial charge in [0.1, 0.15) is 0 Å². The zero-order valence-electron chi connectivity index (χ0n) is 11.3. The van der Waals surface area contributed by atoms with Crippen molar-refractivity contribution >= 4 is 40.7 Å². The van der Waals surface area contributed by atoms with Crippen LogP contribution in [0.1, 0.15) is 11.9 Å². The van der Waals surface area contributed by atoms with Crippen LogP contribution in [0.3, 0.4) is 0 Å². The first-order valence-electron chi connectivity index (χ1n) is 6.42. The number of anilines is 1. The first-order valence-corrected chi connectivity index (χ1v) is 8.34. The minimum Gasteiger partial charge on any atom is -0.397 e. The van der Waals surface area contributed by atoms with Crippen molar-refractivity contribution in [3.8, 4) is 11.5 Å². The maximum atomic E-state index is 6.04. The normalized spacial score (nSPS) is 19.9. The van der Waals surface area contributed by atoms with Gasteiger partial charge in [-0.1, -0.05) is 28.4 Å². The number of nitrogens with two attached hydrogens (primary N) is 1. The second-order valence-electron chi connectivity index (χ2n) is 4.88. The van der Waals surface area contributed by atoms with Gasteiger partial charge in [0.15, 0.2) is 5.82 Å². The number of rotatable bonds is 2. The minimum atomic E-state index is 0.150. The van der Waals surface area contributed by atoms with Crippen LogP contribution >= 0.6 is 35.0 Å². The van der Waals surface area contributed by atoms with E-state index in [1.807, 2.05) is 11.8 Å². The van der Waals surface area contributed by atoms with Crippen molar-refractivity contribution in [2.75, 3.05) is 30.8 Å². The molecule has 1 aliphatic heterocycles. The van der Waals surface area contributed by atoms with Crippen LogP contribution < -0.4 is 5.73 Å². The largest absolute Gasteiger partial charge is 0.397 e. The van der Waals surface area contributed by atoms with Crippen molar-refractivity contribution in [3.05, 3.63) is 28.0 Å². The molecule has 2 heterocycles. The first kappa shape index (κ1) is 15.0. The molecule has 0 aliphatic carbocycles. The average Bonchev–Trinajstić information content (AvgIpc) is 2.92. The van der Waals surface area contributed by atoms with Crippen LogP contribution in [0.4, 0.5) is 5.69 Å². The van der Waals surface area contributed by atoms with Crippen LogP contribution in [-0.2, 0) is 0 Å². The standard InChI is InChI=1S/C13H14Cl2N4OS/c1-19-2-3-21-6-10(19)12-17-13(20-18-12)8-4-7(14)5-9(15)11(8)16/h4-5,10H,2-3,6,16H2,1H3. The minimum absolute atomic E-state index is 0.150. The summed E-state index contributed by atoms with van der Waals surface area (Å²) in [6.07, 6.45) is 0. The van der Waals surface area contributed by atoms with Crippen molar-refractivity contribution in [3.63, 3.8) is 0 Å². The molecular weight excluding hydrogens is 331 g/mol. The van der Waals surface area contributed by atoms with Gasteiger partial charge in [0.05, 0.1) is 22.3 Å². The number of benzene rings is 1. The fourth-order valence-electron chi connectivity index (χ4n) is 2.20. The van der Waals surface area contributed by atoms with E-state index in [9.17, 15) is 0 Å². The van der Waals surface area contributed by atoms with Gasteiger partial charge in [-0.05, 0) is 19.2 Å². The lowest BCUT2D eigenvalue weighted by Crippen LogP contribution is -2.33. The van der Waals surface area contributed by atoms with Gasteiger partial charge in [0.2, 0.25) is 0 Å². The van der Waals surface area contributed by atoms with Gasteiger partial charge in [0.25, 0.3) is 5.89 Å². The highest BCUT2D eigenvalue weighted by Gasteiger charge is 2.26. The van der Waals surface area contributed by atoms with Gasteiger partial charge in [-0.2, -0.15) is 16.7 Å². The maximum absolute atomic E-state index is 6.04. The summed E-state index contributed by atoms with van der Waals surface area (Å²) in [5.41, 5.74) is 6.92. The number of thioether (sulfide) groups is 1. The Balaban J connectivity index is 1.95. The van der Waals surface area contributed by atoms with E-state index in [2.05, 4.69) is 22.1 Å². The smallest absolute Gasteiger partial charge is 0.260 e. The molecule has 0 bridgehead atoms. The van der Waals surface area contributed by atoms with Crippen LogP contribution in [0.5, 0.6) is 0 Å². The molecule has 21 heavy (non-hydrogen) atoms. The van der Waals surface area contributed by atoms with Crippen LogP contribution in [0, 0.1) is 0 Å². The van der Waals surface area contributed by atoms with Crippen molar-refractivity contribution in [2.45, 2.75) is 6.04 Å². The predicted molar refractivity (Wildman–Crippen MR) is 86.9 cm³/mol. The highest BCUT2D eigenvalue weighted by atomic mass is 35.5. The van der Waals surface area contributed by atoms with Crippen molar-refractivity contribution < 1.29 is 4.52 Å². The third-order valence-electron chi connectivity index (χ3n) is 3.46. The second kappa shape index (κ2) is 6.04. The molecule has 0 radical (unpaired) electrons. The van der Waals surface area contributed by atoms with Gasteiger partial charge in [0, 0.05) is 23.1 Å². The Kier molecular flexibility index (Phi) is 4.31. The molecule has 1 aromatic carbocycles. The molecule has 3 rings (SSSR count). The molecule has 1 unspecified atom stereocenters. The molecule has 0 saturated carbocycles. The predicted octanol–water partition coefficient (Wildman–Crippen LogP) is 3.35. The topological polar surface area (TPSA) is 68.2 Å². The van der Waals surface area contributed by atoms with E-state index in [1.54, 1.807) is 12.1 Å². The van der Waals surface area contributed by atoms with E-state index < -0.39 is 0 Å². The Morgan fingerprint density at radius 1 is 1.43 bits per heavy atom. The number of nitrogens with zero attached hydrogens (tertiary/aromatic N) is 3. The Labute approximate surface area is 136 Å². The van der Waals surface area contributed by atoms with Gasteiger partial charge in [-0.15, -0.1) is 0 Å². The maximum Gasteiger partial charge on any atom is 0.260 e. The number of aromatic nitrogens is 2. The summed E-state index contributed by atoms with van der Waals surface area (Å²) in [7, 11) is 2.06. The average molecular weight is 345 g/mol. The number of hydrogen-bond acceptors (Lipinski definition) is 6. The summed E-state index contributed by atoms with van der Waals surface area (Å²) in [5, 5.41) is 4.94. The van der Waals surface area contributed by atoms with Crippen LogP contribution in [0.25, 0.3) is 11.5 Å². The van der Waals surface area contributed by atoms with Gasteiger partial charge >= 0.3 is 0 Å². The lowest BCUT2D eigenvalue weighted by molar-refractivity contribution is 0.257. The zero-order valence-corrected chi connectivity index (χ0v) is 13.7. The van der Waals surface area contributed by atoms with E-state index in [0.717, 1.165) is 18.1 Å². The van der Waals surface area contributed by atoms with Crippen LogP contribution in [0.2, 0.25) is 10.0 Å². The third kappa shape index (κ3) is 2.99. The Bertz CT molecular complexity index is 664. The highest BCUT2D eigenvalue weighted by molar-refractivity contribution is 7.99. The molecule has 2 aromatic rings. The summed E-state index contributed by atoms with van der Waals surface area (Å²) < 4.78 is 5.35. The molecule has 2 N–H and O–H groups in total. The summed E-state index contributed by atoms with van der Waals surface area (Å²) in [4.78, 5) is 6.69. The van der Waals surface area contributed by atoms with E-state index in [-0.39, 0.29) is 6.04 Å². The lowest BCUT2D eigenvalue weighted by atomic mass is 10.2. The van der Waals surface area contributed by atoms with Crippen LogP contribution in [-0.4, -0.2) is 40.1 Å². The molecule has 1 aliphatic rings. The van der Waals surface area contributed by atoms with Gasteiger partial charge < -0.3 is 10.3 Å². The van der Waals surface area contributed by atoms with Crippen molar-refractivity contribution in [1.29, 1.82) is 0 Å². The summed E-state index contributed by atoms with van der Waals surface area (Å²) in [5.74, 6) is 3.07. The SMILES string of the molecule is CN1CCSCC1c1noc(-c2cc(Cl)cc(Cl)c2N)n1. The van der Waals surface area contributed by atoms with E-state index in [4.69, 9.17) is 33.5 Å². The quantitative estimate of drug-likeness (QED) is 0.842. The summed E-state index contributed by atoms with van der Waals surface area (Å²) in [6, 6.07) is 3.42. The fraction of sp³-hybridized carbons (Fsp3) is 0.385. The molecule has 0 amide bonds. The molecule has 1 fully saturated rings. The zero-order chi connectivity index (χ0) is 15.0. The van der Waals surface area contributed by atoms with Crippen molar-refractivity contribution in [2.24, 2.45) is 0 Å². The number of nitrogen functional groups attached to an aromatic ring is 1. The second-order valence-corrected chi connectivity index (χ2v) is 6.87. The molecule has 1 aromatic heterocycles. The first-order chi connectivity index (χ1) is 10.1. The Hall–Kier alpha value is -0.950. The highest BCUT2D eigenvalue weighted by Crippen LogP contribution is 2.35. The van der Waals surface area contributed by atoms with Gasteiger partial charge in [-0.3, -0.25) is 4.90 Å². The molecule has 112 valence electrons. The Morgan fingerprint density at radius 2 is 2.24 bits per heavy atom. The van der Waals surface area contributed by atoms with E-state index in [1.165, 1.54) is 0 Å². The molecule has 1 atom stereocenters. The van der Waals surface area contributed by atoms with Crippen LogP contribution in [0.15, 0.2) is 16.7 Å². The molecule has 5 nitrogen and oxygen atoms in total. The number of halogens is 2. The molecule has 8 heteroatoms. The summed E-state index contributed by atoms with van der Waals surface area (Å²) in [6.45, 7) is 1.00. The fourth-order valence-corrected chi connectivity index (χ4v) is 3.90. The number of hydrogen-bond donors (Lipinski definition) is 1. The molecular formula is C13H14Cl2N4OS. The lowest BCUT2D eigenvalue weighted by Gasteiger charge is -2.29. The summed E-state index contributed by atoms with van der Waals surface area (Å²) >= 11 is 13.9. The van der Waals surface area contributed by atoms with E-state index in [0.29, 0.717) is 33.0 Å². The Morgan fingerprint density at radius 3 is 3.00 bits per heavy atom.